The van der Waals surface area contributed by atoms with Crippen LogP contribution < -0.4 is 0 Å². The number of ether oxygens (including phenoxy) is 3. The van der Waals surface area contributed by atoms with Crippen LogP contribution in [0.3, 0.4) is 0 Å². The Bertz CT molecular complexity index is 992. The molecule has 2 saturated heterocycles. The third kappa shape index (κ3) is 4.78. The van der Waals surface area contributed by atoms with Crippen molar-refractivity contribution in [3.05, 3.63) is 42.0 Å². The van der Waals surface area contributed by atoms with E-state index in [1.54, 1.807) is 6.08 Å². The second-order valence-corrected chi connectivity index (χ2v) is 11.0. The van der Waals surface area contributed by atoms with Crippen molar-refractivity contribution in [3.63, 3.8) is 0 Å². The van der Waals surface area contributed by atoms with Crippen LogP contribution in [0.25, 0.3) is 6.08 Å². The highest BCUT2D eigenvalue weighted by molar-refractivity contribution is 5.87. The summed E-state index contributed by atoms with van der Waals surface area (Å²) in [6, 6.07) is 9.71. The van der Waals surface area contributed by atoms with Gasteiger partial charge in [-0.3, -0.25) is 4.79 Å². The lowest BCUT2D eigenvalue weighted by molar-refractivity contribution is -0.264. The molecule has 1 aliphatic carbocycles. The number of carbonyl (C=O) groups is 2. The zero-order valence-corrected chi connectivity index (χ0v) is 21.4. The standard InChI is InChI=1S/C30H38O5/c1-6-7-9-14-25(31)33-24-19-30(20(2)3)28(27-21(4)15-17-23(27)29(24,5)35-30)34-26(32)18-16-22-12-10-8-11-13-22/h1,8,10-13,16,18,20-21,23-24,27-28H,7,9,14-15,17,19H2,2-5H3/b18-16+/t21-,23-,24-,27-,28+,29?,30-/m1/s1. The zero-order valence-electron chi connectivity index (χ0n) is 21.4. The average molecular weight is 479 g/mol. The summed E-state index contributed by atoms with van der Waals surface area (Å²) in [7, 11) is 0. The smallest absolute Gasteiger partial charge is 0.331 e. The van der Waals surface area contributed by atoms with Crippen molar-refractivity contribution in [3.8, 4) is 12.3 Å². The molecule has 1 aromatic carbocycles. The van der Waals surface area contributed by atoms with Crippen molar-refractivity contribution in [1.29, 1.82) is 0 Å². The fourth-order valence-corrected chi connectivity index (χ4v) is 6.69. The van der Waals surface area contributed by atoms with E-state index >= 15 is 0 Å². The highest BCUT2D eigenvalue weighted by atomic mass is 16.6. The molecule has 3 fully saturated rings. The van der Waals surface area contributed by atoms with Crippen molar-refractivity contribution in [1.82, 2.24) is 0 Å². The van der Waals surface area contributed by atoms with E-state index in [4.69, 9.17) is 20.6 Å². The Morgan fingerprint density at radius 3 is 2.66 bits per heavy atom. The molecule has 5 heteroatoms. The molecule has 5 nitrogen and oxygen atoms in total. The summed E-state index contributed by atoms with van der Waals surface area (Å²) in [6.07, 6.45) is 11.9. The monoisotopic (exact) mass is 478 g/mol. The Balaban J connectivity index is 1.60. The van der Waals surface area contributed by atoms with E-state index in [0.29, 0.717) is 31.6 Å². The fraction of sp³-hybridized carbons (Fsp3) is 0.600. The minimum Gasteiger partial charge on any atom is -0.459 e. The first-order chi connectivity index (χ1) is 16.7. The molecule has 188 valence electrons. The molecule has 0 spiro atoms. The Hall–Kier alpha value is -2.58. The molecule has 0 aromatic heterocycles. The Morgan fingerprint density at radius 2 is 1.97 bits per heavy atom. The van der Waals surface area contributed by atoms with Gasteiger partial charge in [-0.15, -0.1) is 12.3 Å². The Kier molecular flexibility index (Phi) is 7.43. The number of hydrogen-bond acceptors (Lipinski definition) is 5. The highest BCUT2D eigenvalue weighted by Crippen LogP contribution is 2.63. The Morgan fingerprint density at radius 1 is 1.23 bits per heavy atom. The van der Waals surface area contributed by atoms with Gasteiger partial charge in [0.1, 0.15) is 23.4 Å². The van der Waals surface area contributed by atoms with Gasteiger partial charge < -0.3 is 14.2 Å². The predicted molar refractivity (Wildman–Crippen MR) is 135 cm³/mol. The minimum atomic E-state index is -0.700. The second-order valence-electron chi connectivity index (χ2n) is 11.0. The maximum Gasteiger partial charge on any atom is 0.331 e. The lowest BCUT2D eigenvalue weighted by atomic mass is 9.69. The van der Waals surface area contributed by atoms with Gasteiger partial charge in [0.2, 0.25) is 0 Å². The fourth-order valence-electron chi connectivity index (χ4n) is 6.69. The number of benzene rings is 1. The van der Waals surface area contributed by atoms with E-state index < -0.39 is 17.3 Å². The SMILES string of the molecule is C#CCCCC(=O)O[C@@H]1C[C@]2(C(C)C)OC1(C)[C@@H]1CC[C@@H](C)[C@H]1[C@@H]2OC(=O)/C=C/c1ccccc1. The molecule has 0 N–H and O–H groups in total. The Labute approximate surface area is 209 Å². The van der Waals surface area contributed by atoms with Crippen molar-refractivity contribution in [2.45, 2.75) is 89.6 Å². The molecule has 2 aliphatic heterocycles. The first kappa shape index (κ1) is 25.5. The lowest BCUT2D eigenvalue weighted by Gasteiger charge is -2.52. The summed E-state index contributed by atoms with van der Waals surface area (Å²) in [5, 5.41) is 0. The summed E-state index contributed by atoms with van der Waals surface area (Å²) >= 11 is 0. The molecule has 2 heterocycles. The van der Waals surface area contributed by atoms with Crippen molar-refractivity contribution in [2.75, 3.05) is 0 Å². The quantitative estimate of drug-likeness (QED) is 0.211. The van der Waals surface area contributed by atoms with Gasteiger partial charge in [-0.05, 0) is 55.6 Å². The van der Waals surface area contributed by atoms with Gasteiger partial charge >= 0.3 is 11.9 Å². The third-order valence-electron chi connectivity index (χ3n) is 8.58. The van der Waals surface area contributed by atoms with Crippen LogP contribution in [0, 0.1) is 36.0 Å². The predicted octanol–water partition coefficient (Wildman–Crippen LogP) is 5.58. The second kappa shape index (κ2) is 10.2. The van der Waals surface area contributed by atoms with Crippen LogP contribution in [-0.4, -0.2) is 35.3 Å². The van der Waals surface area contributed by atoms with Gasteiger partial charge in [-0.1, -0.05) is 51.1 Å². The number of fused-ring (bicyclic) bond motifs is 4. The maximum atomic E-state index is 13.0. The lowest BCUT2D eigenvalue weighted by Crippen LogP contribution is -2.62. The largest absolute Gasteiger partial charge is 0.459 e. The van der Waals surface area contributed by atoms with E-state index in [-0.39, 0.29) is 35.8 Å². The van der Waals surface area contributed by atoms with Crippen molar-refractivity contribution in [2.24, 2.45) is 23.7 Å². The van der Waals surface area contributed by atoms with Gasteiger partial charge in [0, 0.05) is 31.3 Å². The van der Waals surface area contributed by atoms with Gasteiger partial charge in [-0.2, -0.15) is 0 Å². The van der Waals surface area contributed by atoms with Gasteiger partial charge in [0.25, 0.3) is 0 Å². The average Bonchev–Trinajstić information content (AvgIpc) is 3.34. The molecule has 1 saturated carbocycles. The molecule has 7 atom stereocenters. The van der Waals surface area contributed by atoms with Crippen LogP contribution >= 0.6 is 0 Å². The van der Waals surface area contributed by atoms with Crippen LogP contribution in [0.2, 0.25) is 0 Å². The van der Waals surface area contributed by atoms with Crippen molar-refractivity contribution < 1.29 is 23.8 Å². The molecular formula is C30H38O5. The number of carbonyl (C=O) groups excluding carboxylic acids is 2. The first-order valence-electron chi connectivity index (χ1n) is 13.0. The highest BCUT2D eigenvalue weighted by Gasteiger charge is 2.72. The minimum absolute atomic E-state index is 0.0802. The van der Waals surface area contributed by atoms with E-state index in [9.17, 15) is 9.59 Å². The summed E-state index contributed by atoms with van der Waals surface area (Å²) in [4.78, 5) is 25.7. The van der Waals surface area contributed by atoms with Gasteiger partial charge in [-0.25, -0.2) is 4.79 Å². The van der Waals surface area contributed by atoms with Gasteiger partial charge in [0.15, 0.2) is 0 Å². The number of hydrogen-bond donors (Lipinski definition) is 0. The molecule has 0 amide bonds. The topological polar surface area (TPSA) is 61.8 Å². The van der Waals surface area contributed by atoms with E-state index in [0.717, 1.165) is 18.4 Å². The summed E-state index contributed by atoms with van der Waals surface area (Å²) in [5.74, 6) is 2.77. The number of terminal acetylenes is 1. The summed E-state index contributed by atoms with van der Waals surface area (Å²) in [6.45, 7) is 8.56. The molecule has 35 heavy (non-hydrogen) atoms. The van der Waals surface area contributed by atoms with Crippen LogP contribution in [0.5, 0.6) is 0 Å². The molecule has 0 radical (unpaired) electrons. The van der Waals surface area contributed by atoms with E-state index in [1.165, 1.54) is 6.08 Å². The molecule has 4 rings (SSSR count). The van der Waals surface area contributed by atoms with Crippen LogP contribution in [0.1, 0.15) is 71.8 Å². The van der Waals surface area contributed by atoms with Crippen LogP contribution in [0.4, 0.5) is 0 Å². The van der Waals surface area contributed by atoms with Crippen LogP contribution in [-0.2, 0) is 23.8 Å². The number of esters is 2. The zero-order chi connectivity index (χ0) is 25.2. The van der Waals surface area contributed by atoms with Gasteiger partial charge in [0.05, 0.1) is 0 Å². The molecular weight excluding hydrogens is 440 g/mol. The van der Waals surface area contributed by atoms with E-state index in [2.05, 4.69) is 33.6 Å². The maximum absolute atomic E-state index is 13.0. The number of rotatable bonds is 8. The van der Waals surface area contributed by atoms with Crippen LogP contribution in [0.15, 0.2) is 36.4 Å². The van der Waals surface area contributed by atoms with E-state index in [1.807, 2.05) is 30.3 Å². The number of unbranched alkanes of at least 4 members (excludes halogenated alkanes) is 1. The summed E-state index contributed by atoms with van der Waals surface area (Å²) in [5.41, 5.74) is -0.348. The molecule has 2 bridgehead atoms. The summed E-state index contributed by atoms with van der Waals surface area (Å²) < 4.78 is 19.2. The molecule has 1 aromatic rings. The first-order valence-corrected chi connectivity index (χ1v) is 13.0. The van der Waals surface area contributed by atoms with Crippen molar-refractivity contribution >= 4 is 18.0 Å². The normalized spacial score (nSPS) is 35.6. The third-order valence-corrected chi connectivity index (χ3v) is 8.58. The molecule has 1 unspecified atom stereocenters. The molecule has 3 aliphatic rings.